The first kappa shape index (κ1) is 19.9. The van der Waals surface area contributed by atoms with Gasteiger partial charge in [-0.15, -0.1) is 0 Å². The number of hydrogen-bond acceptors (Lipinski definition) is 0. The van der Waals surface area contributed by atoms with Crippen molar-refractivity contribution in [3.8, 4) is 0 Å². The van der Waals surface area contributed by atoms with Crippen LogP contribution >= 0.6 is 7.92 Å². The molecule has 1 aliphatic carbocycles. The second-order valence-corrected chi connectivity index (χ2v) is 7.52. The van der Waals surface area contributed by atoms with Crippen molar-refractivity contribution >= 4 is 23.8 Å². The van der Waals surface area contributed by atoms with Gasteiger partial charge in [0.1, 0.15) is 0 Å². The molecule has 0 heterocycles. The van der Waals surface area contributed by atoms with Crippen LogP contribution in [0.3, 0.4) is 0 Å². The van der Waals surface area contributed by atoms with Crippen molar-refractivity contribution in [1.29, 1.82) is 0 Å². The van der Waals surface area contributed by atoms with E-state index in [0.717, 1.165) is 0 Å². The van der Waals surface area contributed by atoms with Crippen LogP contribution in [-0.2, 0) is 17.1 Å². The molecule has 2 heteroatoms. The van der Waals surface area contributed by atoms with Crippen LogP contribution in [0.2, 0.25) is 0 Å². The Labute approximate surface area is 163 Å². The molecule has 4 rings (SSSR count). The van der Waals surface area contributed by atoms with Gasteiger partial charge in [0.2, 0.25) is 0 Å². The van der Waals surface area contributed by atoms with Crippen molar-refractivity contribution in [2.24, 2.45) is 0 Å². The molecule has 127 valence electrons. The Kier molecular flexibility index (Phi) is 8.98. The fourth-order valence-electron chi connectivity index (χ4n) is 2.50. The first-order chi connectivity index (χ1) is 11.9. The van der Waals surface area contributed by atoms with Crippen molar-refractivity contribution in [1.82, 2.24) is 0 Å². The molecule has 25 heavy (non-hydrogen) atoms. The van der Waals surface area contributed by atoms with Gasteiger partial charge in [0, 0.05) is 0 Å². The molecule has 0 nitrogen and oxygen atoms in total. The summed E-state index contributed by atoms with van der Waals surface area (Å²) in [5.41, 5.74) is 0. The van der Waals surface area contributed by atoms with Gasteiger partial charge in [-0.2, -0.15) is 0 Å². The van der Waals surface area contributed by atoms with E-state index in [1.807, 2.05) is 32.1 Å². The molecule has 1 aliphatic rings. The van der Waals surface area contributed by atoms with E-state index >= 15 is 0 Å². The van der Waals surface area contributed by atoms with E-state index in [1.165, 1.54) is 15.9 Å². The zero-order valence-corrected chi connectivity index (χ0v) is 15.6. The summed E-state index contributed by atoms with van der Waals surface area (Å²) in [7, 11) is -0.446. The third-order valence-corrected chi connectivity index (χ3v) is 6.04. The molecule has 5 radical (unpaired) electrons. The first-order valence-corrected chi connectivity index (χ1v) is 9.41. The molecular formula is C23H20CuP+. The van der Waals surface area contributed by atoms with Crippen molar-refractivity contribution in [3.05, 3.63) is 123 Å². The van der Waals surface area contributed by atoms with Crippen molar-refractivity contribution < 1.29 is 17.1 Å². The predicted molar refractivity (Wildman–Crippen MR) is 107 cm³/mol. The zero-order chi connectivity index (χ0) is 16.5. The molecule has 0 N–H and O–H groups in total. The van der Waals surface area contributed by atoms with E-state index in [4.69, 9.17) is 0 Å². The maximum absolute atomic E-state index is 2.23. The number of hydrogen-bond donors (Lipinski definition) is 0. The van der Waals surface area contributed by atoms with Crippen LogP contribution < -0.4 is 15.9 Å². The molecule has 1 saturated carbocycles. The molecule has 1 fully saturated rings. The Morgan fingerprint density at radius 2 is 0.600 bits per heavy atom. The summed E-state index contributed by atoms with van der Waals surface area (Å²) in [6.07, 6.45) is 10.0. The summed E-state index contributed by atoms with van der Waals surface area (Å²) >= 11 is 0. The first-order valence-electron chi connectivity index (χ1n) is 8.07. The summed E-state index contributed by atoms with van der Waals surface area (Å²) in [5, 5.41) is 4.19. The molecule has 0 amide bonds. The molecule has 3 aromatic carbocycles. The maximum Gasteiger partial charge on any atom is 1.00 e. The Morgan fingerprint density at radius 3 is 0.840 bits per heavy atom. The summed E-state index contributed by atoms with van der Waals surface area (Å²) < 4.78 is 0. The van der Waals surface area contributed by atoms with Gasteiger partial charge in [0.05, 0.1) is 0 Å². The SMILES string of the molecule is [CH]1[CH][CH][CH][CH]1.[Cu+].c1ccc(P(c2ccccc2)c2ccccc2)cc1. The van der Waals surface area contributed by atoms with Crippen LogP contribution in [0.5, 0.6) is 0 Å². The fourth-order valence-corrected chi connectivity index (χ4v) is 4.80. The van der Waals surface area contributed by atoms with Crippen LogP contribution in [0, 0.1) is 32.1 Å². The predicted octanol–water partition coefficient (Wildman–Crippen LogP) is 4.46. The van der Waals surface area contributed by atoms with Crippen LogP contribution in [-0.4, -0.2) is 0 Å². The topological polar surface area (TPSA) is 0 Å². The minimum atomic E-state index is -0.446. The van der Waals surface area contributed by atoms with Gasteiger partial charge in [-0.3, -0.25) is 0 Å². The van der Waals surface area contributed by atoms with Crippen molar-refractivity contribution in [2.75, 3.05) is 0 Å². The average Bonchev–Trinajstić information content (AvgIpc) is 3.25. The number of rotatable bonds is 3. The van der Waals surface area contributed by atoms with E-state index in [-0.39, 0.29) is 17.1 Å². The average molecular weight is 391 g/mol. The van der Waals surface area contributed by atoms with Crippen LogP contribution in [0.1, 0.15) is 0 Å². The maximum atomic E-state index is 2.23. The minimum Gasteiger partial charge on any atom is -0.0622 e. The van der Waals surface area contributed by atoms with E-state index < -0.39 is 7.92 Å². The van der Waals surface area contributed by atoms with Gasteiger partial charge >= 0.3 is 17.1 Å². The van der Waals surface area contributed by atoms with Gasteiger partial charge in [-0.25, -0.2) is 0 Å². The largest absolute Gasteiger partial charge is 1.00 e. The van der Waals surface area contributed by atoms with Gasteiger partial charge in [-0.1, -0.05) is 91.0 Å². The van der Waals surface area contributed by atoms with Gasteiger partial charge in [-0.05, 0) is 55.9 Å². The number of benzene rings is 3. The van der Waals surface area contributed by atoms with E-state index in [2.05, 4.69) is 91.0 Å². The zero-order valence-electron chi connectivity index (χ0n) is 13.8. The Morgan fingerprint density at radius 1 is 0.360 bits per heavy atom. The summed E-state index contributed by atoms with van der Waals surface area (Å²) in [6, 6.07) is 32.3. The third-order valence-electron chi connectivity index (χ3n) is 3.60. The summed E-state index contributed by atoms with van der Waals surface area (Å²) in [6.45, 7) is 0. The molecule has 0 aromatic heterocycles. The monoisotopic (exact) mass is 390 g/mol. The van der Waals surface area contributed by atoms with Crippen molar-refractivity contribution in [2.45, 2.75) is 0 Å². The summed E-state index contributed by atoms with van der Waals surface area (Å²) in [4.78, 5) is 0. The van der Waals surface area contributed by atoms with Gasteiger partial charge in [0.15, 0.2) is 0 Å². The molecule has 0 spiro atoms. The van der Waals surface area contributed by atoms with Crippen molar-refractivity contribution in [3.63, 3.8) is 0 Å². The Balaban J connectivity index is 0.000000325. The molecular weight excluding hydrogens is 371 g/mol. The minimum absolute atomic E-state index is 0. The molecule has 3 aromatic rings. The second-order valence-electron chi connectivity index (χ2n) is 5.30. The van der Waals surface area contributed by atoms with E-state index in [1.54, 1.807) is 0 Å². The molecule has 0 bridgehead atoms. The normalized spacial score (nSPS) is 12.8. The van der Waals surface area contributed by atoms with Crippen LogP contribution in [0.4, 0.5) is 0 Å². The quantitative estimate of drug-likeness (QED) is 0.457. The van der Waals surface area contributed by atoms with Crippen LogP contribution in [0.15, 0.2) is 91.0 Å². The fraction of sp³-hybridized carbons (Fsp3) is 0. The smallest absolute Gasteiger partial charge is 0.0622 e. The Bertz CT molecular complexity index is 592. The molecule has 0 unspecified atom stereocenters. The van der Waals surface area contributed by atoms with Gasteiger partial charge < -0.3 is 0 Å². The third kappa shape index (κ3) is 6.12. The molecule has 0 atom stereocenters. The van der Waals surface area contributed by atoms with Gasteiger partial charge in [0.25, 0.3) is 0 Å². The van der Waals surface area contributed by atoms with Crippen LogP contribution in [0.25, 0.3) is 0 Å². The summed E-state index contributed by atoms with van der Waals surface area (Å²) in [5.74, 6) is 0. The standard InChI is InChI=1S/C18H15P.C5H5.Cu/c1-4-10-16(11-5-1)19(17-12-6-2-7-13-17)18-14-8-3-9-15-18;1-2-4-5-3-1;/h1-15H;1-5H;/q;;+1. The molecule has 0 aliphatic heterocycles. The second kappa shape index (κ2) is 11.3. The van der Waals surface area contributed by atoms with E-state index in [0.29, 0.717) is 0 Å². The molecule has 0 saturated heterocycles. The van der Waals surface area contributed by atoms with E-state index in [9.17, 15) is 0 Å². The Hall–Kier alpha value is -1.39.